The van der Waals surface area contributed by atoms with Crippen LogP contribution in [0, 0.1) is 0 Å². The fourth-order valence-electron chi connectivity index (χ4n) is 2.93. The van der Waals surface area contributed by atoms with Crippen LogP contribution < -0.4 is 10.6 Å². The number of rotatable bonds is 4. The molecule has 5 heteroatoms. The van der Waals surface area contributed by atoms with E-state index < -0.39 is 0 Å². The summed E-state index contributed by atoms with van der Waals surface area (Å²) in [5, 5.41) is 6.76. The first-order valence-electron chi connectivity index (χ1n) is 7.75. The van der Waals surface area contributed by atoms with Gasteiger partial charge < -0.3 is 15.4 Å². The van der Waals surface area contributed by atoms with Crippen molar-refractivity contribution in [3.63, 3.8) is 0 Å². The average molecular weight is 266 g/mol. The van der Waals surface area contributed by atoms with Crippen LogP contribution in [0.3, 0.4) is 0 Å². The van der Waals surface area contributed by atoms with Gasteiger partial charge in [-0.1, -0.05) is 0 Å². The van der Waals surface area contributed by atoms with E-state index in [0.29, 0.717) is 12.1 Å². The molecule has 0 radical (unpaired) electrons. The van der Waals surface area contributed by atoms with Crippen molar-refractivity contribution >= 4 is 5.96 Å². The molecule has 1 aliphatic carbocycles. The lowest BCUT2D eigenvalue weighted by Crippen LogP contribution is -2.47. The smallest absolute Gasteiger partial charge is 0.191 e. The predicted octanol–water partition coefficient (Wildman–Crippen LogP) is 0.567. The van der Waals surface area contributed by atoms with Crippen molar-refractivity contribution in [3.05, 3.63) is 0 Å². The topological polar surface area (TPSA) is 48.9 Å². The number of nitrogens with zero attached hydrogens (tertiary/aromatic N) is 2. The molecule has 2 aliphatic heterocycles. The standard InChI is InChI=1S/C14H26N4O/c1-2-15-14(17-11-5-6-11)16-8-13-9-18-7-3-4-12(18)10-19-13/h11-13H,2-10H2,1H3,(H2,15,16,17). The third-order valence-corrected chi connectivity index (χ3v) is 4.18. The lowest BCUT2D eigenvalue weighted by atomic mass is 10.2. The highest BCUT2D eigenvalue weighted by Gasteiger charge is 2.32. The van der Waals surface area contributed by atoms with E-state index in [1.54, 1.807) is 0 Å². The van der Waals surface area contributed by atoms with Crippen LogP contribution in [0.25, 0.3) is 0 Å². The van der Waals surface area contributed by atoms with Crippen LogP contribution in [0.5, 0.6) is 0 Å². The molecule has 0 aromatic carbocycles. The molecule has 0 aromatic rings. The molecule has 2 atom stereocenters. The Hall–Kier alpha value is -0.810. The van der Waals surface area contributed by atoms with E-state index in [1.807, 2.05) is 0 Å². The van der Waals surface area contributed by atoms with E-state index in [-0.39, 0.29) is 6.10 Å². The Morgan fingerprint density at radius 1 is 1.37 bits per heavy atom. The average Bonchev–Trinajstić information content (AvgIpc) is 3.11. The van der Waals surface area contributed by atoms with Gasteiger partial charge in [0.1, 0.15) is 0 Å². The molecule has 108 valence electrons. The number of ether oxygens (including phenoxy) is 1. The van der Waals surface area contributed by atoms with Crippen LogP contribution in [-0.4, -0.2) is 61.8 Å². The zero-order chi connectivity index (χ0) is 13.1. The van der Waals surface area contributed by atoms with E-state index in [9.17, 15) is 0 Å². The molecule has 3 aliphatic rings. The van der Waals surface area contributed by atoms with Gasteiger partial charge in [-0.2, -0.15) is 0 Å². The van der Waals surface area contributed by atoms with Crippen molar-refractivity contribution in [1.82, 2.24) is 15.5 Å². The third-order valence-electron chi connectivity index (χ3n) is 4.18. The van der Waals surface area contributed by atoms with Gasteiger partial charge in [0, 0.05) is 25.2 Å². The summed E-state index contributed by atoms with van der Waals surface area (Å²) in [6.07, 6.45) is 5.46. The van der Waals surface area contributed by atoms with Crippen molar-refractivity contribution in [3.8, 4) is 0 Å². The monoisotopic (exact) mass is 266 g/mol. The van der Waals surface area contributed by atoms with Crippen LogP contribution in [-0.2, 0) is 4.74 Å². The lowest BCUT2D eigenvalue weighted by molar-refractivity contribution is -0.0432. The van der Waals surface area contributed by atoms with Gasteiger partial charge in [-0.05, 0) is 39.2 Å². The summed E-state index contributed by atoms with van der Waals surface area (Å²) in [6.45, 7) is 6.98. The molecular weight excluding hydrogens is 240 g/mol. The normalized spacial score (nSPS) is 32.2. The van der Waals surface area contributed by atoms with Crippen LogP contribution >= 0.6 is 0 Å². The summed E-state index contributed by atoms with van der Waals surface area (Å²) in [6, 6.07) is 1.33. The summed E-state index contributed by atoms with van der Waals surface area (Å²) in [5.74, 6) is 0.956. The first-order chi connectivity index (χ1) is 9.35. The molecule has 2 unspecified atom stereocenters. The summed E-state index contributed by atoms with van der Waals surface area (Å²) in [4.78, 5) is 7.25. The number of hydrogen-bond acceptors (Lipinski definition) is 3. The van der Waals surface area contributed by atoms with Crippen molar-refractivity contribution < 1.29 is 4.74 Å². The highest BCUT2D eigenvalue weighted by Crippen LogP contribution is 2.22. The highest BCUT2D eigenvalue weighted by molar-refractivity contribution is 5.80. The second-order valence-electron chi connectivity index (χ2n) is 5.88. The molecule has 3 fully saturated rings. The van der Waals surface area contributed by atoms with Crippen LogP contribution in [0.4, 0.5) is 0 Å². The molecule has 2 N–H and O–H groups in total. The maximum absolute atomic E-state index is 5.94. The summed E-state index contributed by atoms with van der Waals surface area (Å²) in [5.41, 5.74) is 0. The van der Waals surface area contributed by atoms with Gasteiger partial charge in [0.2, 0.25) is 0 Å². The molecule has 19 heavy (non-hydrogen) atoms. The fraction of sp³-hybridized carbons (Fsp3) is 0.929. The van der Waals surface area contributed by atoms with Crippen LogP contribution in [0.15, 0.2) is 4.99 Å². The first kappa shape index (κ1) is 13.2. The Balaban J connectivity index is 1.48. The van der Waals surface area contributed by atoms with Crippen molar-refractivity contribution in [2.75, 3.05) is 32.8 Å². The van der Waals surface area contributed by atoms with E-state index in [2.05, 4.69) is 27.4 Å². The van der Waals surface area contributed by atoms with Gasteiger partial charge in [0.25, 0.3) is 0 Å². The Bertz CT molecular complexity index is 329. The zero-order valence-electron chi connectivity index (χ0n) is 11.9. The van der Waals surface area contributed by atoms with E-state index in [1.165, 1.54) is 32.2 Å². The number of fused-ring (bicyclic) bond motifs is 1. The predicted molar refractivity (Wildman–Crippen MR) is 76.5 cm³/mol. The van der Waals surface area contributed by atoms with Crippen molar-refractivity contribution in [2.45, 2.75) is 50.8 Å². The fourth-order valence-corrected chi connectivity index (χ4v) is 2.93. The van der Waals surface area contributed by atoms with Gasteiger partial charge in [-0.25, -0.2) is 0 Å². The quantitative estimate of drug-likeness (QED) is 0.577. The van der Waals surface area contributed by atoms with Crippen LogP contribution in [0.2, 0.25) is 0 Å². The molecule has 5 nitrogen and oxygen atoms in total. The minimum atomic E-state index is 0.268. The number of nitrogens with one attached hydrogen (secondary N) is 2. The van der Waals surface area contributed by atoms with E-state index in [4.69, 9.17) is 4.74 Å². The summed E-state index contributed by atoms with van der Waals surface area (Å²) >= 11 is 0. The van der Waals surface area contributed by atoms with Crippen molar-refractivity contribution in [1.29, 1.82) is 0 Å². The number of guanidine groups is 1. The van der Waals surface area contributed by atoms with Gasteiger partial charge in [0.05, 0.1) is 19.3 Å². The second kappa shape index (κ2) is 6.09. The lowest BCUT2D eigenvalue weighted by Gasteiger charge is -2.34. The molecule has 2 heterocycles. The van der Waals surface area contributed by atoms with Crippen LogP contribution in [0.1, 0.15) is 32.6 Å². The minimum absolute atomic E-state index is 0.268. The van der Waals surface area contributed by atoms with Gasteiger partial charge in [-0.15, -0.1) is 0 Å². The van der Waals surface area contributed by atoms with Crippen molar-refractivity contribution in [2.24, 2.45) is 4.99 Å². The molecular formula is C14H26N4O. The Morgan fingerprint density at radius 2 is 2.26 bits per heavy atom. The van der Waals surface area contributed by atoms with Gasteiger partial charge in [0.15, 0.2) is 5.96 Å². The zero-order valence-corrected chi connectivity index (χ0v) is 11.9. The van der Waals surface area contributed by atoms with Gasteiger partial charge in [-0.3, -0.25) is 9.89 Å². The number of morpholine rings is 1. The number of hydrogen-bond donors (Lipinski definition) is 2. The van der Waals surface area contributed by atoms with Gasteiger partial charge >= 0.3 is 0 Å². The Labute approximate surface area is 115 Å². The second-order valence-corrected chi connectivity index (χ2v) is 5.88. The Kier molecular flexibility index (Phi) is 4.23. The molecule has 0 spiro atoms. The SMILES string of the molecule is CCNC(=NCC1CN2CCCC2CO1)NC1CC1. The maximum atomic E-state index is 5.94. The molecule has 0 amide bonds. The molecule has 2 saturated heterocycles. The van der Waals surface area contributed by atoms with E-state index in [0.717, 1.165) is 32.2 Å². The molecule has 0 aromatic heterocycles. The maximum Gasteiger partial charge on any atom is 0.191 e. The molecule has 1 saturated carbocycles. The summed E-state index contributed by atoms with van der Waals surface area (Å²) < 4.78 is 5.94. The number of aliphatic imine (C=N–C) groups is 1. The largest absolute Gasteiger partial charge is 0.373 e. The molecule has 3 rings (SSSR count). The first-order valence-corrected chi connectivity index (χ1v) is 7.75. The minimum Gasteiger partial charge on any atom is -0.373 e. The Morgan fingerprint density at radius 3 is 3.05 bits per heavy atom. The summed E-state index contributed by atoms with van der Waals surface area (Å²) in [7, 11) is 0. The van der Waals surface area contributed by atoms with E-state index >= 15 is 0 Å². The third kappa shape index (κ3) is 3.60. The molecule has 0 bridgehead atoms. The highest BCUT2D eigenvalue weighted by atomic mass is 16.5.